The number of anilines is 5. The van der Waals surface area contributed by atoms with Crippen molar-refractivity contribution in [3.63, 3.8) is 0 Å². The lowest BCUT2D eigenvalue weighted by molar-refractivity contribution is -0.111. The quantitative estimate of drug-likeness (QED) is 0.271. The largest absolute Gasteiger partial charge is 0.494 e. The number of rotatable bonds is 10. The van der Waals surface area contributed by atoms with E-state index in [-0.39, 0.29) is 18.1 Å². The number of piperazine rings is 1. The number of hydroxylamine groups is 1. The maximum atomic E-state index is 14.7. The van der Waals surface area contributed by atoms with Gasteiger partial charge in [-0.1, -0.05) is 12.6 Å². The van der Waals surface area contributed by atoms with Gasteiger partial charge in [0.2, 0.25) is 5.91 Å². The fraction of sp³-hybridized carbons (Fsp3) is 0.457. The van der Waals surface area contributed by atoms with Crippen molar-refractivity contribution in [2.45, 2.75) is 51.2 Å². The van der Waals surface area contributed by atoms with Gasteiger partial charge in [0.25, 0.3) is 0 Å². The minimum atomic E-state index is -0.692. The summed E-state index contributed by atoms with van der Waals surface area (Å²) in [5.74, 6) is -0.269. The second-order valence-electron chi connectivity index (χ2n) is 12.6. The molecule has 3 aromatic rings. The van der Waals surface area contributed by atoms with Gasteiger partial charge in [-0.25, -0.2) is 23.8 Å². The number of piperidine rings is 1. The molecule has 11 nitrogen and oxygen atoms in total. The first-order valence-corrected chi connectivity index (χ1v) is 16.6. The zero-order valence-corrected chi connectivity index (χ0v) is 27.8. The van der Waals surface area contributed by atoms with Gasteiger partial charge >= 0.3 is 0 Å². The SMILES string of the molecule is C=CC(=O)Nc1cc(Nc2cc(N3OCC[C@H]3c3c(F)cccc3F)ncn2)cc(OC)c1N1CCC(N2CCN(C(C)C)CC2)CC1. The molecule has 1 atom stereocenters. The highest BCUT2D eigenvalue weighted by molar-refractivity contribution is 6.02. The predicted octanol–water partition coefficient (Wildman–Crippen LogP) is 5.51. The molecular formula is C35H44F2N8O3. The topological polar surface area (TPSA) is 98.3 Å². The van der Waals surface area contributed by atoms with Gasteiger partial charge in [0.15, 0.2) is 5.82 Å². The molecule has 0 spiro atoms. The molecule has 0 aliphatic carbocycles. The highest BCUT2D eigenvalue weighted by Crippen LogP contribution is 2.42. The maximum Gasteiger partial charge on any atom is 0.247 e. The number of benzene rings is 2. The standard InChI is InChI=1S/C35H44F2N8O3/c1-5-33(46)41-28-19-24(20-30(47-4)35(28)44-12-9-25(10-13-44)43-16-14-42(15-17-43)23(2)3)40-31-21-32(39-22-38-31)45-29(11-18-48-45)34-26(36)7-6-8-27(34)37/h5-8,19-23,25,29H,1,9-18H2,2-4H3,(H,41,46)(H,38,39,40)/t29-/m0/s1. The molecule has 0 unspecified atom stereocenters. The summed E-state index contributed by atoms with van der Waals surface area (Å²) in [5, 5.41) is 7.67. The van der Waals surface area contributed by atoms with Gasteiger partial charge in [0.1, 0.15) is 35.2 Å². The van der Waals surface area contributed by atoms with Gasteiger partial charge in [-0.3, -0.25) is 19.4 Å². The zero-order valence-electron chi connectivity index (χ0n) is 27.8. The van der Waals surface area contributed by atoms with Gasteiger partial charge in [-0.15, -0.1) is 0 Å². The minimum absolute atomic E-state index is 0.0659. The van der Waals surface area contributed by atoms with E-state index in [1.165, 1.54) is 35.7 Å². The number of carbonyl (C=O) groups is 1. The molecular weight excluding hydrogens is 618 g/mol. The Bertz CT molecular complexity index is 1590. The molecule has 3 aliphatic heterocycles. The normalized spacial score (nSPS) is 19.5. The van der Waals surface area contributed by atoms with E-state index in [9.17, 15) is 13.6 Å². The summed E-state index contributed by atoms with van der Waals surface area (Å²) < 4.78 is 35.2. The Balaban J connectivity index is 1.21. The Kier molecular flexibility index (Phi) is 10.4. The van der Waals surface area contributed by atoms with Crippen molar-refractivity contribution in [2.24, 2.45) is 0 Å². The molecule has 1 amide bonds. The second kappa shape index (κ2) is 14.8. The van der Waals surface area contributed by atoms with Crippen LogP contribution in [0.5, 0.6) is 5.75 Å². The van der Waals surface area contributed by atoms with E-state index in [1.807, 2.05) is 12.1 Å². The fourth-order valence-electron chi connectivity index (χ4n) is 6.98. The Morgan fingerprint density at radius 2 is 1.77 bits per heavy atom. The van der Waals surface area contributed by atoms with Gasteiger partial charge in [0.05, 0.1) is 25.4 Å². The molecule has 2 N–H and O–H groups in total. The van der Waals surface area contributed by atoms with Crippen LogP contribution in [-0.2, 0) is 9.63 Å². The Morgan fingerprint density at radius 3 is 2.44 bits per heavy atom. The average molecular weight is 663 g/mol. The van der Waals surface area contributed by atoms with Crippen LogP contribution in [0.1, 0.15) is 44.7 Å². The molecule has 0 saturated carbocycles. The molecule has 13 heteroatoms. The average Bonchev–Trinajstić information content (AvgIpc) is 3.58. The van der Waals surface area contributed by atoms with Gasteiger partial charge in [0, 0.05) is 81.2 Å². The molecule has 6 rings (SSSR count). The first kappa shape index (κ1) is 33.6. The molecule has 0 radical (unpaired) electrons. The Labute approximate surface area is 280 Å². The summed E-state index contributed by atoms with van der Waals surface area (Å²) in [6.07, 6.45) is 5.01. The van der Waals surface area contributed by atoms with Crippen LogP contribution in [0.3, 0.4) is 0 Å². The summed E-state index contributed by atoms with van der Waals surface area (Å²) in [6.45, 7) is 14.4. The number of carbonyl (C=O) groups excluding carboxylic acids is 1. The van der Waals surface area contributed by atoms with Crippen molar-refractivity contribution in [1.82, 2.24) is 19.8 Å². The summed E-state index contributed by atoms with van der Waals surface area (Å²) in [7, 11) is 1.61. The van der Waals surface area contributed by atoms with Crippen LogP contribution >= 0.6 is 0 Å². The minimum Gasteiger partial charge on any atom is -0.494 e. The van der Waals surface area contributed by atoms with Crippen LogP contribution in [0.25, 0.3) is 0 Å². The van der Waals surface area contributed by atoms with Crippen molar-refractivity contribution in [3.05, 3.63) is 72.6 Å². The van der Waals surface area contributed by atoms with E-state index in [0.717, 1.165) is 57.8 Å². The smallest absolute Gasteiger partial charge is 0.247 e. The summed E-state index contributed by atoms with van der Waals surface area (Å²) >= 11 is 0. The van der Waals surface area contributed by atoms with E-state index in [1.54, 1.807) is 13.2 Å². The van der Waals surface area contributed by atoms with Crippen molar-refractivity contribution >= 4 is 34.6 Å². The fourth-order valence-corrected chi connectivity index (χ4v) is 6.98. The number of halogens is 2. The van der Waals surface area contributed by atoms with Crippen molar-refractivity contribution in [2.75, 3.05) is 73.6 Å². The Morgan fingerprint density at radius 1 is 1.04 bits per heavy atom. The molecule has 1 aromatic heterocycles. The van der Waals surface area contributed by atoms with Gasteiger partial charge < -0.3 is 20.3 Å². The van der Waals surface area contributed by atoms with E-state index < -0.39 is 17.7 Å². The maximum absolute atomic E-state index is 14.7. The number of nitrogens with zero attached hydrogens (tertiary/aromatic N) is 6. The van der Waals surface area contributed by atoms with Gasteiger partial charge in [-0.05, 0) is 51.0 Å². The van der Waals surface area contributed by atoms with Crippen LogP contribution in [0.15, 0.2) is 55.4 Å². The molecule has 256 valence electrons. The molecule has 3 saturated heterocycles. The third-order valence-corrected chi connectivity index (χ3v) is 9.50. The predicted molar refractivity (Wildman–Crippen MR) is 183 cm³/mol. The number of nitrogens with one attached hydrogen (secondary N) is 2. The van der Waals surface area contributed by atoms with Crippen LogP contribution in [0.2, 0.25) is 0 Å². The van der Waals surface area contributed by atoms with Crippen LogP contribution in [0, 0.1) is 11.6 Å². The van der Waals surface area contributed by atoms with E-state index in [2.05, 4.69) is 55.7 Å². The third kappa shape index (κ3) is 7.23. The summed E-state index contributed by atoms with van der Waals surface area (Å²) in [5.41, 5.74) is 1.93. The van der Waals surface area contributed by atoms with Crippen LogP contribution in [0.4, 0.5) is 37.5 Å². The molecule has 2 aromatic carbocycles. The van der Waals surface area contributed by atoms with Crippen LogP contribution in [-0.4, -0.2) is 90.7 Å². The highest BCUT2D eigenvalue weighted by atomic mass is 19.1. The molecule has 3 aliphatic rings. The van der Waals surface area contributed by atoms with Crippen molar-refractivity contribution in [3.8, 4) is 5.75 Å². The molecule has 0 bridgehead atoms. The number of aromatic nitrogens is 2. The number of amides is 1. The third-order valence-electron chi connectivity index (χ3n) is 9.50. The van der Waals surface area contributed by atoms with Crippen molar-refractivity contribution < 1.29 is 23.1 Å². The first-order valence-electron chi connectivity index (χ1n) is 16.6. The number of ether oxygens (including phenoxy) is 1. The molecule has 4 heterocycles. The van der Waals surface area contributed by atoms with E-state index >= 15 is 0 Å². The summed E-state index contributed by atoms with van der Waals surface area (Å²) in [4.78, 5) is 34.5. The monoisotopic (exact) mass is 662 g/mol. The van der Waals surface area contributed by atoms with E-state index in [4.69, 9.17) is 9.57 Å². The lowest BCUT2D eigenvalue weighted by Crippen LogP contribution is -2.54. The molecule has 3 fully saturated rings. The second-order valence-corrected chi connectivity index (χ2v) is 12.6. The Hall–Kier alpha value is -4.33. The van der Waals surface area contributed by atoms with Crippen LogP contribution < -0.4 is 25.3 Å². The number of methoxy groups -OCH3 is 1. The lowest BCUT2D eigenvalue weighted by Gasteiger charge is -2.44. The summed E-state index contributed by atoms with van der Waals surface area (Å²) in [6, 6.07) is 9.55. The number of hydrogen-bond acceptors (Lipinski definition) is 10. The van der Waals surface area contributed by atoms with E-state index in [0.29, 0.717) is 47.3 Å². The molecule has 48 heavy (non-hydrogen) atoms. The zero-order chi connectivity index (χ0) is 33.8. The highest BCUT2D eigenvalue weighted by Gasteiger charge is 2.34. The van der Waals surface area contributed by atoms with Crippen molar-refractivity contribution in [1.29, 1.82) is 0 Å². The van der Waals surface area contributed by atoms with Gasteiger partial charge in [-0.2, -0.15) is 0 Å². The number of hydrogen-bond donors (Lipinski definition) is 2. The first-order chi connectivity index (χ1) is 23.2. The lowest BCUT2D eigenvalue weighted by atomic mass is 10.0.